The average molecular weight is 308 g/mol. The van der Waals surface area contributed by atoms with Crippen molar-refractivity contribution in [1.82, 2.24) is 0 Å². The van der Waals surface area contributed by atoms with Gasteiger partial charge in [0.05, 0.1) is 0 Å². The maximum Gasteiger partial charge on any atom is 0.308 e. The van der Waals surface area contributed by atoms with Crippen LogP contribution in [0.25, 0.3) is 0 Å². The SMILES string of the molecule is CC(=O)Oc1ccccc1CCCO[Si](C)(C)C(C)(C)C. The summed E-state index contributed by atoms with van der Waals surface area (Å²) in [4.78, 5) is 11.1. The van der Waals surface area contributed by atoms with Gasteiger partial charge in [-0.05, 0) is 42.6 Å². The Kier molecular flexibility index (Phi) is 6.17. The summed E-state index contributed by atoms with van der Waals surface area (Å²) in [5, 5.41) is 0.239. The molecule has 0 saturated heterocycles. The predicted octanol–water partition coefficient (Wildman–Crippen LogP) is 4.57. The van der Waals surface area contributed by atoms with Crippen LogP contribution in [0.15, 0.2) is 24.3 Å². The highest BCUT2D eigenvalue weighted by molar-refractivity contribution is 6.74. The second-order valence-corrected chi connectivity index (χ2v) is 11.7. The molecule has 3 nitrogen and oxygen atoms in total. The van der Waals surface area contributed by atoms with E-state index in [-0.39, 0.29) is 11.0 Å². The van der Waals surface area contributed by atoms with Crippen LogP contribution >= 0.6 is 0 Å². The van der Waals surface area contributed by atoms with Crippen LogP contribution in [-0.2, 0) is 15.6 Å². The van der Waals surface area contributed by atoms with Gasteiger partial charge in [-0.25, -0.2) is 0 Å². The van der Waals surface area contributed by atoms with Gasteiger partial charge in [-0.2, -0.15) is 0 Å². The third-order valence-electron chi connectivity index (χ3n) is 4.09. The zero-order chi connectivity index (χ0) is 16.1. The maximum atomic E-state index is 11.1. The van der Waals surface area contributed by atoms with Gasteiger partial charge in [0.25, 0.3) is 0 Å². The fraction of sp³-hybridized carbons (Fsp3) is 0.588. The first kappa shape index (κ1) is 17.9. The van der Waals surface area contributed by atoms with Crippen LogP contribution < -0.4 is 4.74 Å². The first-order valence-corrected chi connectivity index (χ1v) is 10.4. The Morgan fingerprint density at radius 2 is 1.81 bits per heavy atom. The molecule has 0 aliphatic carbocycles. The molecule has 0 spiro atoms. The number of esters is 1. The van der Waals surface area contributed by atoms with E-state index in [1.54, 1.807) is 0 Å². The van der Waals surface area contributed by atoms with Crippen molar-refractivity contribution in [3.05, 3.63) is 29.8 Å². The summed E-state index contributed by atoms with van der Waals surface area (Å²) in [7, 11) is -1.67. The van der Waals surface area contributed by atoms with E-state index in [4.69, 9.17) is 9.16 Å². The van der Waals surface area contributed by atoms with Crippen molar-refractivity contribution in [2.45, 2.75) is 58.7 Å². The molecule has 4 heteroatoms. The normalized spacial score (nSPS) is 12.3. The van der Waals surface area contributed by atoms with E-state index in [0.717, 1.165) is 25.0 Å². The van der Waals surface area contributed by atoms with Gasteiger partial charge in [-0.15, -0.1) is 0 Å². The van der Waals surface area contributed by atoms with E-state index >= 15 is 0 Å². The van der Waals surface area contributed by atoms with Crippen molar-refractivity contribution in [3.8, 4) is 5.75 Å². The smallest absolute Gasteiger partial charge is 0.308 e. The van der Waals surface area contributed by atoms with Gasteiger partial charge in [0.2, 0.25) is 0 Å². The second kappa shape index (κ2) is 7.23. The molecular weight excluding hydrogens is 280 g/mol. The quantitative estimate of drug-likeness (QED) is 0.334. The number of carbonyl (C=O) groups is 1. The minimum Gasteiger partial charge on any atom is -0.426 e. The number of hydrogen-bond acceptors (Lipinski definition) is 3. The molecule has 0 aromatic heterocycles. The Hall–Kier alpha value is -1.13. The Balaban J connectivity index is 2.52. The zero-order valence-corrected chi connectivity index (χ0v) is 15.2. The highest BCUT2D eigenvalue weighted by Gasteiger charge is 2.36. The summed E-state index contributed by atoms with van der Waals surface area (Å²) in [5.74, 6) is 0.386. The summed E-state index contributed by atoms with van der Waals surface area (Å²) < 4.78 is 11.4. The molecule has 21 heavy (non-hydrogen) atoms. The number of rotatable bonds is 6. The van der Waals surface area contributed by atoms with Crippen molar-refractivity contribution < 1.29 is 14.0 Å². The van der Waals surface area contributed by atoms with Crippen LogP contribution in [-0.4, -0.2) is 20.9 Å². The molecule has 0 bridgehead atoms. The maximum absolute atomic E-state index is 11.1. The number of ether oxygens (including phenoxy) is 1. The second-order valence-electron chi connectivity index (χ2n) is 6.91. The van der Waals surface area contributed by atoms with E-state index in [2.05, 4.69) is 33.9 Å². The lowest BCUT2D eigenvalue weighted by Gasteiger charge is -2.36. The third-order valence-corrected chi connectivity index (χ3v) is 8.62. The molecule has 0 aliphatic heterocycles. The van der Waals surface area contributed by atoms with Gasteiger partial charge in [-0.1, -0.05) is 39.0 Å². The lowest BCUT2D eigenvalue weighted by atomic mass is 10.1. The van der Waals surface area contributed by atoms with Crippen molar-refractivity contribution >= 4 is 14.3 Å². The van der Waals surface area contributed by atoms with Crippen molar-refractivity contribution in [2.24, 2.45) is 0 Å². The van der Waals surface area contributed by atoms with Gasteiger partial charge in [-0.3, -0.25) is 4.79 Å². The molecule has 118 valence electrons. The standard InChI is InChI=1S/C17H28O3Si/c1-14(18)20-16-12-8-7-10-15(16)11-9-13-19-21(5,6)17(2,3)4/h7-8,10,12H,9,11,13H2,1-6H3. The highest BCUT2D eigenvalue weighted by atomic mass is 28.4. The minimum atomic E-state index is -1.67. The fourth-order valence-corrected chi connectivity index (χ4v) is 2.86. The van der Waals surface area contributed by atoms with Crippen molar-refractivity contribution in [2.75, 3.05) is 6.61 Å². The van der Waals surface area contributed by atoms with Crippen LogP contribution in [0.4, 0.5) is 0 Å². The van der Waals surface area contributed by atoms with Crippen LogP contribution in [0, 0.1) is 0 Å². The van der Waals surface area contributed by atoms with E-state index in [1.807, 2.05) is 24.3 Å². The molecule has 0 saturated carbocycles. The van der Waals surface area contributed by atoms with Crippen molar-refractivity contribution in [1.29, 1.82) is 0 Å². The van der Waals surface area contributed by atoms with Crippen LogP contribution in [0.5, 0.6) is 5.75 Å². The first-order valence-electron chi connectivity index (χ1n) is 7.54. The largest absolute Gasteiger partial charge is 0.426 e. The van der Waals surface area contributed by atoms with E-state index < -0.39 is 8.32 Å². The lowest BCUT2D eigenvalue weighted by molar-refractivity contribution is -0.131. The topological polar surface area (TPSA) is 35.5 Å². The molecule has 0 N–H and O–H groups in total. The number of benzene rings is 1. The molecule has 1 rings (SSSR count). The van der Waals surface area contributed by atoms with Gasteiger partial charge in [0.15, 0.2) is 8.32 Å². The Morgan fingerprint density at radius 1 is 1.19 bits per heavy atom. The monoisotopic (exact) mass is 308 g/mol. The van der Waals surface area contributed by atoms with E-state index in [0.29, 0.717) is 5.75 Å². The van der Waals surface area contributed by atoms with Gasteiger partial charge < -0.3 is 9.16 Å². The summed E-state index contributed by atoms with van der Waals surface area (Å²) in [5.41, 5.74) is 1.06. The zero-order valence-electron chi connectivity index (χ0n) is 14.2. The Morgan fingerprint density at radius 3 is 2.38 bits per heavy atom. The highest BCUT2D eigenvalue weighted by Crippen LogP contribution is 2.36. The van der Waals surface area contributed by atoms with Gasteiger partial charge >= 0.3 is 5.97 Å². The molecular formula is C17H28O3Si. The number of aryl methyl sites for hydroxylation is 1. The van der Waals surface area contributed by atoms with Crippen LogP contribution in [0.3, 0.4) is 0 Å². The van der Waals surface area contributed by atoms with Crippen LogP contribution in [0.1, 0.15) is 39.7 Å². The molecule has 1 aromatic rings. The number of para-hydroxylation sites is 1. The molecule has 0 amide bonds. The molecule has 0 fully saturated rings. The minimum absolute atomic E-state index is 0.239. The third kappa shape index (κ3) is 5.63. The summed E-state index contributed by atoms with van der Waals surface area (Å²) in [6, 6.07) is 7.70. The predicted molar refractivity (Wildman–Crippen MR) is 89.2 cm³/mol. The van der Waals surface area contributed by atoms with Crippen molar-refractivity contribution in [3.63, 3.8) is 0 Å². The molecule has 0 atom stereocenters. The molecule has 0 unspecified atom stereocenters. The molecule has 1 aromatic carbocycles. The lowest BCUT2D eigenvalue weighted by Crippen LogP contribution is -2.41. The van der Waals surface area contributed by atoms with Gasteiger partial charge in [0.1, 0.15) is 5.75 Å². The number of carbonyl (C=O) groups excluding carboxylic acids is 1. The van der Waals surface area contributed by atoms with E-state index in [1.165, 1.54) is 6.92 Å². The Labute approximate surface area is 129 Å². The Bertz CT molecular complexity index is 475. The molecule has 0 radical (unpaired) electrons. The van der Waals surface area contributed by atoms with E-state index in [9.17, 15) is 4.79 Å². The molecule has 0 aliphatic rings. The summed E-state index contributed by atoms with van der Waals surface area (Å²) >= 11 is 0. The summed E-state index contributed by atoms with van der Waals surface area (Å²) in [6.07, 6.45) is 1.79. The van der Waals surface area contributed by atoms with Gasteiger partial charge in [0, 0.05) is 13.5 Å². The molecule has 0 heterocycles. The first-order chi connectivity index (χ1) is 9.63. The average Bonchev–Trinajstić information content (AvgIpc) is 2.34. The number of hydrogen-bond donors (Lipinski definition) is 0. The summed E-state index contributed by atoms with van der Waals surface area (Å²) in [6.45, 7) is 13.4. The fourth-order valence-electron chi connectivity index (χ4n) is 1.77. The van der Waals surface area contributed by atoms with Crippen LogP contribution in [0.2, 0.25) is 18.1 Å².